The largest absolute Gasteiger partial charge is 0.342 e. The van der Waals surface area contributed by atoms with Gasteiger partial charge in [-0.1, -0.05) is 36.1 Å². The fourth-order valence-electron chi connectivity index (χ4n) is 4.67. The van der Waals surface area contributed by atoms with Gasteiger partial charge in [0, 0.05) is 47.2 Å². The van der Waals surface area contributed by atoms with Crippen molar-refractivity contribution < 1.29 is 9.59 Å². The van der Waals surface area contributed by atoms with Crippen LogP contribution >= 0.6 is 11.6 Å². The molecular weight excluding hydrogens is 422 g/mol. The Hall–Kier alpha value is -2.66. The summed E-state index contributed by atoms with van der Waals surface area (Å²) in [5, 5.41) is 3.57. The molecule has 0 radical (unpaired) electrons. The van der Waals surface area contributed by atoms with Crippen molar-refractivity contribution in [2.24, 2.45) is 5.92 Å². The second-order valence-corrected chi connectivity index (χ2v) is 9.35. The SMILES string of the molecule is Cc1cc(C(=O)Nc2cc(Cl)cc(C=C3CCN(C(=O)C4CCCC4)CC3)c2C)ccn1. The lowest BCUT2D eigenvalue weighted by molar-refractivity contribution is -0.135. The summed E-state index contributed by atoms with van der Waals surface area (Å²) in [6.07, 6.45) is 10.0. The summed E-state index contributed by atoms with van der Waals surface area (Å²) in [5.41, 5.74) is 5.36. The Morgan fingerprint density at radius 2 is 1.84 bits per heavy atom. The van der Waals surface area contributed by atoms with Gasteiger partial charge in [0.25, 0.3) is 5.91 Å². The zero-order valence-corrected chi connectivity index (χ0v) is 19.5. The highest BCUT2D eigenvalue weighted by Gasteiger charge is 2.28. The van der Waals surface area contributed by atoms with Gasteiger partial charge < -0.3 is 10.2 Å². The van der Waals surface area contributed by atoms with Gasteiger partial charge in [-0.2, -0.15) is 0 Å². The molecule has 2 aliphatic rings. The molecule has 1 N–H and O–H groups in total. The Bertz CT molecular complexity index is 1050. The standard InChI is InChI=1S/C26H30ClN3O2/c1-17-13-21(7-10-28-17)25(31)29-24-16-23(27)15-22(18(24)2)14-19-8-11-30(12-9-19)26(32)20-5-3-4-6-20/h7,10,13-16,20H,3-6,8-9,11-12H2,1-2H3,(H,29,31). The Morgan fingerprint density at radius 3 is 2.53 bits per heavy atom. The maximum atomic E-state index is 12.7. The molecule has 0 unspecified atom stereocenters. The van der Waals surface area contributed by atoms with Crippen LogP contribution in [0.2, 0.25) is 5.02 Å². The monoisotopic (exact) mass is 451 g/mol. The number of likely N-dealkylation sites (tertiary alicyclic amines) is 1. The van der Waals surface area contributed by atoms with Gasteiger partial charge >= 0.3 is 0 Å². The number of piperidine rings is 1. The van der Waals surface area contributed by atoms with Gasteiger partial charge in [-0.15, -0.1) is 0 Å². The molecular formula is C26H30ClN3O2. The predicted molar refractivity (Wildman–Crippen MR) is 129 cm³/mol. The molecule has 5 nitrogen and oxygen atoms in total. The fourth-order valence-corrected chi connectivity index (χ4v) is 4.90. The molecule has 0 spiro atoms. The lowest BCUT2D eigenvalue weighted by Gasteiger charge is -2.30. The molecule has 168 valence electrons. The number of anilines is 1. The van der Waals surface area contributed by atoms with Crippen molar-refractivity contribution in [3.63, 3.8) is 0 Å². The first-order chi connectivity index (χ1) is 15.4. The number of nitrogens with one attached hydrogen (secondary N) is 1. The lowest BCUT2D eigenvalue weighted by atomic mass is 9.96. The predicted octanol–water partition coefficient (Wildman–Crippen LogP) is 5.80. The third kappa shape index (κ3) is 5.21. The number of halogens is 1. The van der Waals surface area contributed by atoms with Gasteiger partial charge in [-0.05, 0) is 74.9 Å². The average molecular weight is 452 g/mol. The van der Waals surface area contributed by atoms with E-state index >= 15 is 0 Å². The van der Waals surface area contributed by atoms with E-state index in [0.29, 0.717) is 22.2 Å². The summed E-state index contributed by atoms with van der Waals surface area (Å²) in [4.78, 5) is 31.6. The Kier molecular flexibility index (Phi) is 6.95. The molecule has 1 saturated carbocycles. The highest BCUT2D eigenvalue weighted by Crippen LogP contribution is 2.31. The van der Waals surface area contributed by atoms with E-state index < -0.39 is 0 Å². The van der Waals surface area contributed by atoms with E-state index in [-0.39, 0.29) is 11.8 Å². The van der Waals surface area contributed by atoms with Crippen molar-refractivity contribution in [3.8, 4) is 0 Å². The number of benzene rings is 1. The molecule has 4 rings (SSSR count). The molecule has 1 aliphatic carbocycles. The molecule has 1 aromatic carbocycles. The minimum atomic E-state index is -0.182. The Balaban J connectivity index is 1.46. The molecule has 6 heteroatoms. The van der Waals surface area contributed by atoms with Crippen molar-refractivity contribution >= 4 is 35.2 Å². The number of carbonyl (C=O) groups is 2. The minimum absolute atomic E-state index is 0.182. The first kappa shape index (κ1) is 22.5. The van der Waals surface area contributed by atoms with Crippen LogP contribution in [0.3, 0.4) is 0 Å². The lowest BCUT2D eigenvalue weighted by Crippen LogP contribution is -2.39. The number of hydrogen-bond acceptors (Lipinski definition) is 3. The van der Waals surface area contributed by atoms with E-state index in [1.165, 1.54) is 18.4 Å². The van der Waals surface area contributed by atoms with Crippen LogP contribution in [0, 0.1) is 19.8 Å². The van der Waals surface area contributed by atoms with E-state index in [1.54, 1.807) is 24.4 Å². The normalized spacial score (nSPS) is 16.8. The number of nitrogens with zero attached hydrogens (tertiary/aromatic N) is 2. The summed E-state index contributed by atoms with van der Waals surface area (Å²) in [5.74, 6) is 0.404. The van der Waals surface area contributed by atoms with Crippen LogP contribution < -0.4 is 5.32 Å². The molecule has 0 bridgehead atoms. The van der Waals surface area contributed by atoms with Gasteiger partial charge in [0.15, 0.2) is 0 Å². The maximum Gasteiger partial charge on any atom is 0.255 e. The van der Waals surface area contributed by atoms with Gasteiger partial charge in [0.2, 0.25) is 5.91 Å². The van der Waals surface area contributed by atoms with Crippen LogP contribution in [0.15, 0.2) is 36.0 Å². The first-order valence-electron chi connectivity index (χ1n) is 11.4. The summed E-state index contributed by atoms with van der Waals surface area (Å²) in [6.45, 7) is 5.42. The van der Waals surface area contributed by atoms with E-state index in [0.717, 1.165) is 55.6 Å². The van der Waals surface area contributed by atoms with Crippen molar-refractivity contribution in [2.75, 3.05) is 18.4 Å². The number of hydrogen-bond donors (Lipinski definition) is 1. The van der Waals surface area contributed by atoms with Gasteiger partial charge in [0.05, 0.1) is 0 Å². The molecule has 32 heavy (non-hydrogen) atoms. The molecule has 1 aliphatic heterocycles. The van der Waals surface area contributed by atoms with Crippen molar-refractivity contribution in [1.82, 2.24) is 9.88 Å². The first-order valence-corrected chi connectivity index (χ1v) is 11.8. The van der Waals surface area contributed by atoms with Crippen molar-refractivity contribution in [2.45, 2.75) is 52.4 Å². The second kappa shape index (κ2) is 9.86. The number of rotatable bonds is 4. The van der Waals surface area contributed by atoms with E-state index in [1.807, 2.05) is 24.8 Å². The second-order valence-electron chi connectivity index (χ2n) is 8.92. The Morgan fingerprint density at radius 1 is 1.12 bits per heavy atom. The Labute approximate surface area is 194 Å². The van der Waals surface area contributed by atoms with Gasteiger partial charge in [-0.3, -0.25) is 14.6 Å². The van der Waals surface area contributed by atoms with Gasteiger partial charge in [0.1, 0.15) is 0 Å². The third-order valence-corrected chi connectivity index (χ3v) is 6.82. The van der Waals surface area contributed by atoms with Crippen LogP contribution in [0.5, 0.6) is 0 Å². The molecule has 1 saturated heterocycles. The molecule has 2 amide bonds. The minimum Gasteiger partial charge on any atom is -0.342 e. The molecule has 1 aromatic heterocycles. The highest BCUT2D eigenvalue weighted by molar-refractivity contribution is 6.31. The highest BCUT2D eigenvalue weighted by atomic mass is 35.5. The summed E-state index contributed by atoms with van der Waals surface area (Å²) in [7, 11) is 0. The number of pyridine rings is 1. The molecule has 2 fully saturated rings. The topological polar surface area (TPSA) is 62.3 Å². The van der Waals surface area contributed by atoms with Gasteiger partial charge in [-0.25, -0.2) is 0 Å². The number of amides is 2. The number of carbonyl (C=O) groups excluding carboxylic acids is 2. The summed E-state index contributed by atoms with van der Waals surface area (Å²) in [6, 6.07) is 7.18. The van der Waals surface area contributed by atoms with E-state index in [2.05, 4.69) is 16.4 Å². The zero-order valence-electron chi connectivity index (χ0n) is 18.8. The molecule has 2 aromatic rings. The summed E-state index contributed by atoms with van der Waals surface area (Å²) < 4.78 is 0. The zero-order chi connectivity index (χ0) is 22.7. The van der Waals surface area contributed by atoms with Crippen LogP contribution in [0.1, 0.15) is 65.7 Å². The van der Waals surface area contributed by atoms with E-state index in [4.69, 9.17) is 11.6 Å². The third-order valence-electron chi connectivity index (χ3n) is 6.60. The van der Waals surface area contributed by atoms with Crippen LogP contribution in [-0.4, -0.2) is 34.8 Å². The van der Waals surface area contributed by atoms with E-state index in [9.17, 15) is 9.59 Å². The molecule has 0 atom stereocenters. The van der Waals surface area contributed by atoms with Crippen LogP contribution in [0.4, 0.5) is 5.69 Å². The number of aromatic nitrogens is 1. The smallest absolute Gasteiger partial charge is 0.255 e. The van der Waals surface area contributed by atoms with Crippen LogP contribution in [0.25, 0.3) is 6.08 Å². The van der Waals surface area contributed by atoms with Crippen molar-refractivity contribution in [1.29, 1.82) is 0 Å². The average Bonchev–Trinajstić information content (AvgIpc) is 3.32. The summed E-state index contributed by atoms with van der Waals surface area (Å²) >= 11 is 6.39. The maximum absolute atomic E-state index is 12.7. The fraction of sp³-hybridized carbons (Fsp3) is 0.423. The molecule has 2 heterocycles. The quantitative estimate of drug-likeness (QED) is 0.638. The van der Waals surface area contributed by atoms with Crippen LogP contribution in [-0.2, 0) is 4.79 Å². The van der Waals surface area contributed by atoms with Crippen molar-refractivity contribution in [3.05, 3.63) is 63.4 Å². The number of aryl methyl sites for hydroxylation is 1.